The first-order chi connectivity index (χ1) is 4.48. The van der Waals surface area contributed by atoms with Gasteiger partial charge in [0.2, 0.25) is 0 Å². The smallest absolute Gasteiger partial charge is 0.120 e. The summed E-state index contributed by atoms with van der Waals surface area (Å²) in [5, 5.41) is 3.12. The van der Waals surface area contributed by atoms with Crippen LogP contribution in [0.2, 0.25) is 0 Å². The van der Waals surface area contributed by atoms with Gasteiger partial charge in [0, 0.05) is 18.6 Å². The van der Waals surface area contributed by atoms with Crippen LogP contribution in [0.25, 0.3) is 0 Å². The molecule has 0 aromatic heterocycles. The molecule has 0 rings (SSSR count). The molecule has 4 heteroatoms. The van der Waals surface area contributed by atoms with Gasteiger partial charge < -0.3 is 11.1 Å². The molecule has 0 aliphatic rings. The Labute approximate surface area is 72.1 Å². The first kappa shape index (κ1) is 10.5. The van der Waals surface area contributed by atoms with Gasteiger partial charge in [-0.15, -0.1) is 23.2 Å². The molecule has 0 saturated carbocycles. The molecule has 0 bridgehead atoms. The Morgan fingerprint density at radius 1 is 1.50 bits per heavy atom. The van der Waals surface area contributed by atoms with Gasteiger partial charge >= 0.3 is 0 Å². The quantitative estimate of drug-likeness (QED) is 0.644. The van der Waals surface area contributed by atoms with Gasteiger partial charge in [0.15, 0.2) is 0 Å². The highest BCUT2D eigenvalue weighted by Crippen LogP contribution is 2.03. The molecule has 0 aliphatic carbocycles. The Hall–Kier alpha value is 0.500. The minimum Gasteiger partial charge on any atom is -0.329 e. The fraction of sp³-hybridized carbons (Fsp3) is 1.00. The van der Waals surface area contributed by atoms with E-state index in [1.807, 2.05) is 13.8 Å². The summed E-state index contributed by atoms with van der Waals surface area (Å²) in [5.74, 6) is 0. The lowest BCUT2D eigenvalue weighted by Crippen LogP contribution is -2.47. The second kappa shape index (κ2) is 4.39. The molecule has 0 heterocycles. The van der Waals surface area contributed by atoms with Crippen molar-refractivity contribution in [2.45, 2.75) is 24.2 Å². The Balaban J connectivity index is 3.46. The molecular weight excluding hydrogens is 171 g/mol. The lowest BCUT2D eigenvalue weighted by molar-refractivity contribution is 0.407. The zero-order valence-corrected chi connectivity index (χ0v) is 7.84. The molecule has 3 N–H and O–H groups in total. The molecule has 0 aliphatic heterocycles. The number of rotatable bonds is 4. The van der Waals surface area contributed by atoms with Crippen molar-refractivity contribution in [1.82, 2.24) is 5.32 Å². The standard InChI is InChI=1S/C6H14Cl2N2/c1-6(2,4-9)10-3-5(7)8/h5,10H,3-4,9H2,1-2H3. The van der Waals surface area contributed by atoms with Gasteiger partial charge in [0.25, 0.3) is 0 Å². The average molecular weight is 185 g/mol. The van der Waals surface area contributed by atoms with Crippen molar-refractivity contribution in [3.05, 3.63) is 0 Å². The highest BCUT2D eigenvalue weighted by atomic mass is 35.5. The summed E-state index contributed by atoms with van der Waals surface area (Å²) in [6.07, 6.45) is 0. The van der Waals surface area contributed by atoms with E-state index in [-0.39, 0.29) is 10.4 Å². The minimum absolute atomic E-state index is 0.0674. The third-order valence-corrected chi connectivity index (χ3v) is 1.55. The fourth-order valence-corrected chi connectivity index (χ4v) is 0.580. The molecule has 0 unspecified atom stereocenters. The third-order valence-electron chi connectivity index (χ3n) is 1.25. The Morgan fingerprint density at radius 2 is 2.00 bits per heavy atom. The first-order valence-corrected chi connectivity index (χ1v) is 4.08. The molecule has 0 fully saturated rings. The van der Waals surface area contributed by atoms with Crippen LogP contribution < -0.4 is 11.1 Å². The van der Waals surface area contributed by atoms with E-state index in [0.717, 1.165) is 0 Å². The molecule has 0 spiro atoms. The van der Waals surface area contributed by atoms with Crippen LogP contribution in [-0.2, 0) is 0 Å². The van der Waals surface area contributed by atoms with Gasteiger partial charge in [-0.25, -0.2) is 0 Å². The summed E-state index contributed by atoms with van der Waals surface area (Å²) in [4.78, 5) is -0.356. The summed E-state index contributed by atoms with van der Waals surface area (Å²) < 4.78 is 0. The molecular formula is C6H14Cl2N2. The highest BCUT2D eigenvalue weighted by molar-refractivity contribution is 6.44. The monoisotopic (exact) mass is 184 g/mol. The Morgan fingerprint density at radius 3 is 2.30 bits per heavy atom. The van der Waals surface area contributed by atoms with Gasteiger partial charge in [0.1, 0.15) is 4.84 Å². The molecule has 0 atom stereocenters. The van der Waals surface area contributed by atoms with Crippen molar-refractivity contribution >= 4 is 23.2 Å². The van der Waals surface area contributed by atoms with E-state index < -0.39 is 0 Å². The number of hydrogen-bond acceptors (Lipinski definition) is 2. The molecule has 0 aromatic rings. The average Bonchev–Trinajstić information content (AvgIpc) is 1.85. The molecule has 10 heavy (non-hydrogen) atoms. The lowest BCUT2D eigenvalue weighted by atomic mass is 10.1. The molecule has 0 aromatic carbocycles. The highest BCUT2D eigenvalue weighted by Gasteiger charge is 2.14. The van der Waals surface area contributed by atoms with E-state index in [4.69, 9.17) is 28.9 Å². The van der Waals surface area contributed by atoms with Crippen molar-refractivity contribution in [3.63, 3.8) is 0 Å². The minimum atomic E-state index is -0.356. The number of halogens is 2. The van der Waals surface area contributed by atoms with Gasteiger partial charge in [-0.1, -0.05) is 0 Å². The van der Waals surface area contributed by atoms with Crippen LogP contribution in [-0.4, -0.2) is 23.5 Å². The summed E-state index contributed by atoms with van der Waals surface area (Å²) >= 11 is 11.0. The molecule has 0 radical (unpaired) electrons. The van der Waals surface area contributed by atoms with Gasteiger partial charge in [-0.2, -0.15) is 0 Å². The van der Waals surface area contributed by atoms with Gasteiger partial charge in [-0.05, 0) is 13.8 Å². The maximum Gasteiger partial charge on any atom is 0.120 e. The molecule has 62 valence electrons. The van der Waals surface area contributed by atoms with E-state index in [1.54, 1.807) is 0 Å². The van der Waals surface area contributed by atoms with Crippen LogP contribution in [0, 0.1) is 0 Å². The van der Waals surface area contributed by atoms with Crippen molar-refractivity contribution < 1.29 is 0 Å². The Bertz CT molecular complexity index is 93.7. The van der Waals surface area contributed by atoms with E-state index in [2.05, 4.69) is 5.32 Å². The molecule has 0 amide bonds. The summed E-state index contributed by atoms with van der Waals surface area (Å²) in [5.41, 5.74) is 5.38. The second-order valence-corrected chi connectivity index (χ2v) is 4.14. The number of nitrogens with two attached hydrogens (primary N) is 1. The van der Waals surface area contributed by atoms with Crippen LogP contribution in [0.5, 0.6) is 0 Å². The maximum absolute atomic E-state index is 5.50. The first-order valence-electron chi connectivity index (χ1n) is 3.21. The number of hydrogen-bond donors (Lipinski definition) is 2. The van der Waals surface area contributed by atoms with Crippen molar-refractivity contribution in [2.75, 3.05) is 13.1 Å². The largest absolute Gasteiger partial charge is 0.329 e. The van der Waals surface area contributed by atoms with Crippen molar-refractivity contribution in [3.8, 4) is 0 Å². The van der Waals surface area contributed by atoms with Crippen LogP contribution in [0.1, 0.15) is 13.8 Å². The van der Waals surface area contributed by atoms with Gasteiger partial charge in [0.05, 0.1) is 0 Å². The second-order valence-electron chi connectivity index (χ2n) is 2.86. The van der Waals surface area contributed by atoms with Crippen molar-refractivity contribution in [2.24, 2.45) is 5.73 Å². The predicted molar refractivity (Wildman–Crippen MR) is 46.6 cm³/mol. The van der Waals surface area contributed by atoms with E-state index >= 15 is 0 Å². The third kappa shape index (κ3) is 5.30. The normalized spacial score (nSPS) is 12.6. The zero-order valence-electron chi connectivity index (χ0n) is 6.32. The zero-order chi connectivity index (χ0) is 8.20. The van der Waals surface area contributed by atoms with Gasteiger partial charge in [-0.3, -0.25) is 0 Å². The lowest BCUT2D eigenvalue weighted by Gasteiger charge is -2.24. The summed E-state index contributed by atoms with van der Waals surface area (Å²) in [6, 6.07) is 0. The number of alkyl halides is 2. The SMILES string of the molecule is CC(C)(CN)NCC(Cl)Cl. The van der Waals surface area contributed by atoms with E-state index in [9.17, 15) is 0 Å². The van der Waals surface area contributed by atoms with Crippen LogP contribution in [0.15, 0.2) is 0 Å². The van der Waals surface area contributed by atoms with Crippen molar-refractivity contribution in [1.29, 1.82) is 0 Å². The van der Waals surface area contributed by atoms with Crippen LogP contribution >= 0.6 is 23.2 Å². The predicted octanol–water partition coefficient (Wildman–Crippen LogP) is 1.12. The van der Waals surface area contributed by atoms with Crippen LogP contribution in [0.3, 0.4) is 0 Å². The topological polar surface area (TPSA) is 38.0 Å². The van der Waals surface area contributed by atoms with E-state index in [1.165, 1.54) is 0 Å². The molecule has 0 saturated heterocycles. The fourth-order valence-electron chi connectivity index (χ4n) is 0.426. The van der Waals surface area contributed by atoms with Crippen LogP contribution in [0.4, 0.5) is 0 Å². The Kier molecular flexibility index (Phi) is 4.61. The summed E-state index contributed by atoms with van der Waals surface area (Å²) in [7, 11) is 0. The summed E-state index contributed by atoms with van der Waals surface area (Å²) in [6.45, 7) is 5.16. The maximum atomic E-state index is 5.50. The number of nitrogens with one attached hydrogen (secondary N) is 1. The molecule has 2 nitrogen and oxygen atoms in total. The van der Waals surface area contributed by atoms with E-state index in [0.29, 0.717) is 13.1 Å².